The average Bonchev–Trinajstić information content (AvgIpc) is 2.02. The normalized spacial score (nSPS) is 17.2. The Bertz CT molecular complexity index is 292. The molecular formula is C10H15N3. The number of hydrogen-bond donors (Lipinski definition) is 1. The molecule has 0 aromatic carbocycles. The summed E-state index contributed by atoms with van der Waals surface area (Å²) in [5.41, 5.74) is 7.92. The van der Waals surface area contributed by atoms with Gasteiger partial charge in [-0.1, -0.05) is 0 Å². The van der Waals surface area contributed by atoms with Gasteiger partial charge in [0.1, 0.15) is 0 Å². The standard InChI is InChI=1S/C10H15N3/c1-8-4-10(2-3-12-8)13-6-9(5-11)7-13/h2-4,9H,5-7,11H2,1H3. The first kappa shape index (κ1) is 8.51. The van der Waals surface area contributed by atoms with Gasteiger partial charge in [0.2, 0.25) is 0 Å². The van der Waals surface area contributed by atoms with Crippen LogP contribution in [0.4, 0.5) is 5.69 Å². The zero-order valence-corrected chi connectivity index (χ0v) is 7.90. The Morgan fingerprint density at radius 2 is 2.38 bits per heavy atom. The smallest absolute Gasteiger partial charge is 0.0400 e. The van der Waals surface area contributed by atoms with Crippen molar-refractivity contribution in [3.8, 4) is 0 Å². The summed E-state index contributed by atoms with van der Waals surface area (Å²) in [4.78, 5) is 6.51. The fraction of sp³-hybridized carbons (Fsp3) is 0.500. The Balaban J connectivity index is 2.03. The molecular weight excluding hydrogens is 162 g/mol. The summed E-state index contributed by atoms with van der Waals surface area (Å²) in [6.07, 6.45) is 1.86. The Kier molecular flexibility index (Phi) is 2.19. The molecule has 0 atom stereocenters. The van der Waals surface area contributed by atoms with E-state index >= 15 is 0 Å². The number of aryl methyl sites for hydroxylation is 1. The molecule has 0 radical (unpaired) electrons. The van der Waals surface area contributed by atoms with E-state index in [4.69, 9.17) is 5.73 Å². The van der Waals surface area contributed by atoms with Crippen molar-refractivity contribution in [2.75, 3.05) is 24.5 Å². The van der Waals surface area contributed by atoms with E-state index in [1.807, 2.05) is 13.1 Å². The third-order valence-corrected chi connectivity index (χ3v) is 2.54. The SMILES string of the molecule is Cc1cc(N2CC(CN)C2)ccn1. The molecule has 0 unspecified atom stereocenters. The number of anilines is 1. The second-order valence-electron chi connectivity index (χ2n) is 3.66. The number of rotatable bonds is 2. The van der Waals surface area contributed by atoms with Crippen LogP contribution in [0.2, 0.25) is 0 Å². The first-order valence-electron chi connectivity index (χ1n) is 4.67. The number of nitrogens with zero attached hydrogens (tertiary/aromatic N) is 2. The molecule has 1 fully saturated rings. The van der Waals surface area contributed by atoms with Gasteiger partial charge in [-0.15, -0.1) is 0 Å². The molecule has 0 spiro atoms. The first-order valence-corrected chi connectivity index (χ1v) is 4.67. The minimum atomic E-state index is 0.688. The third-order valence-electron chi connectivity index (χ3n) is 2.54. The molecule has 1 aromatic heterocycles. The molecule has 1 aromatic rings. The molecule has 1 aliphatic heterocycles. The highest BCUT2D eigenvalue weighted by Crippen LogP contribution is 2.23. The van der Waals surface area contributed by atoms with Crippen LogP contribution in [0.5, 0.6) is 0 Å². The summed E-state index contributed by atoms with van der Waals surface area (Å²) in [6, 6.07) is 4.17. The molecule has 1 aliphatic rings. The number of pyridine rings is 1. The fourth-order valence-electron chi connectivity index (χ4n) is 1.66. The highest BCUT2D eigenvalue weighted by Gasteiger charge is 2.25. The van der Waals surface area contributed by atoms with Gasteiger partial charge < -0.3 is 10.6 Å². The van der Waals surface area contributed by atoms with Gasteiger partial charge in [-0.05, 0) is 25.6 Å². The molecule has 3 heteroatoms. The van der Waals surface area contributed by atoms with Crippen LogP contribution in [0, 0.1) is 12.8 Å². The highest BCUT2D eigenvalue weighted by molar-refractivity contribution is 5.48. The predicted octanol–water partition coefficient (Wildman–Crippen LogP) is 0.785. The lowest BCUT2D eigenvalue weighted by molar-refractivity contribution is 0.420. The van der Waals surface area contributed by atoms with Crippen molar-refractivity contribution in [2.24, 2.45) is 11.7 Å². The summed E-state index contributed by atoms with van der Waals surface area (Å²) in [5.74, 6) is 0.688. The lowest BCUT2D eigenvalue weighted by Crippen LogP contribution is -2.49. The predicted molar refractivity (Wildman–Crippen MR) is 53.7 cm³/mol. The largest absolute Gasteiger partial charge is 0.371 e. The summed E-state index contributed by atoms with van der Waals surface area (Å²) in [7, 11) is 0. The second kappa shape index (κ2) is 3.34. The summed E-state index contributed by atoms with van der Waals surface area (Å²) >= 11 is 0. The van der Waals surface area contributed by atoms with E-state index < -0.39 is 0 Å². The third kappa shape index (κ3) is 1.65. The van der Waals surface area contributed by atoms with Crippen molar-refractivity contribution in [3.05, 3.63) is 24.0 Å². The molecule has 0 aliphatic carbocycles. The molecule has 70 valence electrons. The Labute approximate surface area is 78.6 Å². The van der Waals surface area contributed by atoms with Gasteiger partial charge in [0.25, 0.3) is 0 Å². The monoisotopic (exact) mass is 177 g/mol. The molecule has 2 N–H and O–H groups in total. The van der Waals surface area contributed by atoms with E-state index in [0.717, 1.165) is 25.3 Å². The van der Waals surface area contributed by atoms with Crippen LogP contribution in [0.1, 0.15) is 5.69 Å². The first-order chi connectivity index (χ1) is 6.29. The van der Waals surface area contributed by atoms with Crippen molar-refractivity contribution in [1.29, 1.82) is 0 Å². The summed E-state index contributed by atoms with van der Waals surface area (Å²) in [5, 5.41) is 0. The van der Waals surface area contributed by atoms with Crippen molar-refractivity contribution < 1.29 is 0 Å². The van der Waals surface area contributed by atoms with Crippen LogP contribution >= 0.6 is 0 Å². The Hall–Kier alpha value is -1.09. The maximum Gasteiger partial charge on any atom is 0.0400 e. The van der Waals surface area contributed by atoms with Gasteiger partial charge in [-0.2, -0.15) is 0 Å². The van der Waals surface area contributed by atoms with E-state index in [1.165, 1.54) is 5.69 Å². The number of nitrogens with two attached hydrogens (primary N) is 1. The molecule has 2 rings (SSSR count). The van der Waals surface area contributed by atoms with E-state index in [-0.39, 0.29) is 0 Å². The lowest BCUT2D eigenvalue weighted by Gasteiger charge is -2.40. The van der Waals surface area contributed by atoms with Gasteiger partial charge in [-0.25, -0.2) is 0 Å². The minimum absolute atomic E-state index is 0.688. The molecule has 2 heterocycles. The van der Waals surface area contributed by atoms with E-state index in [1.54, 1.807) is 0 Å². The average molecular weight is 177 g/mol. The summed E-state index contributed by atoms with van der Waals surface area (Å²) in [6.45, 7) is 5.02. The van der Waals surface area contributed by atoms with Gasteiger partial charge in [0.15, 0.2) is 0 Å². The van der Waals surface area contributed by atoms with Gasteiger partial charge >= 0.3 is 0 Å². The molecule has 13 heavy (non-hydrogen) atoms. The van der Waals surface area contributed by atoms with E-state index in [0.29, 0.717) is 5.92 Å². The zero-order chi connectivity index (χ0) is 9.26. The van der Waals surface area contributed by atoms with Gasteiger partial charge in [0.05, 0.1) is 0 Å². The molecule has 1 saturated heterocycles. The van der Waals surface area contributed by atoms with Crippen molar-refractivity contribution >= 4 is 5.69 Å². The van der Waals surface area contributed by atoms with Crippen molar-refractivity contribution in [3.63, 3.8) is 0 Å². The molecule has 0 bridgehead atoms. The zero-order valence-electron chi connectivity index (χ0n) is 7.90. The quantitative estimate of drug-likeness (QED) is 0.726. The van der Waals surface area contributed by atoms with Crippen LogP contribution in [0.3, 0.4) is 0 Å². The van der Waals surface area contributed by atoms with E-state index in [9.17, 15) is 0 Å². The highest BCUT2D eigenvalue weighted by atomic mass is 15.2. The van der Waals surface area contributed by atoms with Crippen LogP contribution in [-0.2, 0) is 0 Å². The number of hydrogen-bond acceptors (Lipinski definition) is 3. The topological polar surface area (TPSA) is 42.1 Å². The maximum atomic E-state index is 5.56. The lowest BCUT2D eigenvalue weighted by atomic mass is 10.00. The van der Waals surface area contributed by atoms with Crippen LogP contribution in [0.15, 0.2) is 18.3 Å². The van der Waals surface area contributed by atoms with Gasteiger partial charge in [0, 0.05) is 36.6 Å². The number of aromatic nitrogens is 1. The molecule has 3 nitrogen and oxygen atoms in total. The Morgan fingerprint density at radius 3 is 3.00 bits per heavy atom. The van der Waals surface area contributed by atoms with Crippen LogP contribution in [0.25, 0.3) is 0 Å². The summed E-state index contributed by atoms with van der Waals surface area (Å²) < 4.78 is 0. The fourth-order valence-corrected chi connectivity index (χ4v) is 1.66. The van der Waals surface area contributed by atoms with Gasteiger partial charge in [-0.3, -0.25) is 4.98 Å². The minimum Gasteiger partial charge on any atom is -0.371 e. The van der Waals surface area contributed by atoms with Crippen molar-refractivity contribution in [1.82, 2.24) is 4.98 Å². The van der Waals surface area contributed by atoms with Crippen molar-refractivity contribution in [2.45, 2.75) is 6.92 Å². The molecule has 0 amide bonds. The molecule has 0 saturated carbocycles. The second-order valence-corrected chi connectivity index (χ2v) is 3.66. The Morgan fingerprint density at radius 1 is 1.62 bits per heavy atom. The van der Waals surface area contributed by atoms with Crippen LogP contribution in [-0.4, -0.2) is 24.6 Å². The van der Waals surface area contributed by atoms with Crippen LogP contribution < -0.4 is 10.6 Å². The maximum absolute atomic E-state index is 5.56. The van der Waals surface area contributed by atoms with E-state index in [2.05, 4.69) is 22.0 Å².